The van der Waals surface area contributed by atoms with Gasteiger partial charge in [0.05, 0.1) is 35.4 Å². The van der Waals surface area contributed by atoms with E-state index in [-0.39, 0.29) is 23.0 Å². The summed E-state index contributed by atoms with van der Waals surface area (Å²) in [4.78, 5) is 38.9. The number of hydrogen-bond donors (Lipinski definition) is 3. The molecular formula is C30H34N8O3. The fourth-order valence-corrected chi connectivity index (χ4v) is 4.70. The molecule has 212 valence electrons. The van der Waals surface area contributed by atoms with E-state index < -0.39 is 6.04 Å². The number of aryl methyl sites for hydroxylation is 1. The Kier molecular flexibility index (Phi) is 9.47. The van der Waals surface area contributed by atoms with Gasteiger partial charge in [-0.15, -0.1) is 0 Å². The molecule has 2 aromatic carbocycles. The third-order valence-electron chi connectivity index (χ3n) is 6.79. The molecule has 2 aromatic heterocycles. The van der Waals surface area contributed by atoms with Crippen molar-refractivity contribution < 1.29 is 9.53 Å². The SMILES string of the molecule is CC[C@H](Nc1nc(N)nc(C)c1C#N)c1nc2cccc(NCCCCCC(=O)OC)c2c(=O)n1-c1ccccc1. The van der Waals surface area contributed by atoms with Crippen LogP contribution < -0.4 is 21.9 Å². The summed E-state index contributed by atoms with van der Waals surface area (Å²) in [7, 11) is 1.39. The molecule has 0 bridgehead atoms. The topological polar surface area (TPSA) is 161 Å². The van der Waals surface area contributed by atoms with Crippen molar-refractivity contribution in [3.05, 3.63) is 76.0 Å². The Hall–Kier alpha value is -4.98. The Morgan fingerprint density at radius 2 is 1.88 bits per heavy atom. The summed E-state index contributed by atoms with van der Waals surface area (Å²) in [5.41, 5.74) is 8.32. The predicted molar refractivity (Wildman–Crippen MR) is 159 cm³/mol. The lowest BCUT2D eigenvalue weighted by atomic mass is 10.1. The number of nitrogens with zero attached hydrogens (tertiary/aromatic N) is 5. The number of nitrogens with one attached hydrogen (secondary N) is 2. The second-order valence-corrected chi connectivity index (χ2v) is 9.57. The van der Waals surface area contributed by atoms with Crippen LogP contribution in [0.2, 0.25) is 0 Å². The summed E-state index contributed by atoms with van der Waals surface area (Å²) < 4.78 is 6.30. The molecule has 0 unspecified atom stereocenters. The maximum atomic E-state index is 14.2. The first-order valence-corrected chi connectivity index (χ1v) is 13.6. The smallest absolute Gasteiger partial charge is 0.305 e. The van der Waals surface area contributed by atoms with Gasteiger partial charge in [0.25, 0.3) is 5.56 Å². The third kappa shape index (κ3) is 6.61. The van der Waals surface area contributed by atoms with E-state index in [0.29, 0.717) is 59.0 Å². The molecule has 0 radical (unpaired) electrons. The van der Waals surface area contributed by atoms with E-state index in [1.165, 1.54) is 7.11 Å². The number of ether oxygens (including phenoxy) is 1. The summed E-state index contributed by atoms with van der Waals surface area (Å²) in [5, 5.41) is 16.9. The van der Waals surface area contributed by atoms with E-state index in [1.54, 1.807) is 11.5 Å². The number of hydrogen-bond acceptors (Lipinski definition) is 10. The third-order valence-corrected chi connectivity index (χ3v) is 6.79. The molecule has 0 amide bonds. The highest BCUT2D eigenvalue weighted by Gasteiger charge is 2.23. The van der Waals surface area contributed by atoms with E-state index in [4.69, 9.17) is 15.5 Å². The van der Waals surface area contributed by atoms with Crippen LogP contribution in [0.5, 0.6) is 0 Å². The number of para-hydroxylation sites is 1. The zero-order valence-corrected chi connectivity index (χ0v) is 23.5. The van der Waals surface area contributed by atoms with Crippen LogP contribution in [0.1, 0.15) is 62.2 Å². The second-order valence-electron chi connectivity index (χ2n) is 9.57. The number of methoxy groups -OCH3 is 1. The number of rotatable bonds is 12. The number of anilines is 3. The van der Waals surface area contributed by atoms with Gasteiger partial charge in [-0.2, -0.15) is 10.2 Å². The van der Waals surface area contributed by atoms with Crippen molar-refractivity contribution >= 4 is 34.3 Å². The van der Waals surface area contributed by atoms with Crippen LogP contribution in [0.4, 0.5) is 17.5 Å². The van der Waals surface area contributed by atoms with E-state index >= 15 is 0 Å². The van der Waals surface area contributed by atoms with Gasteiger partial charge in [0, 0.05) is 18.7 Å². The Morgan fingerprint density at radius 1 is 1.10 bits per heavy atom. The first kappa shape index (κ1) is 29.0. The van der Waals surface area contributed by atoms with E-state index in [0.717, 1.165) is 19.3 Å². The number of nitriles is 1. The maximum absolute atomic E-state index is 14.2. The predicted octanol–water partition coefficient (Wildman–Crippen LogP) is 4.65. The van der Waals surface area contributed by atoms with Gasteiger partial charge in [0.15, 0.2) is 0 Å². The van der Waals surface area contributed by atoms with E-state index in [9.17, 15) is 14.9 Å². The number of nitrogen functional groups attached to an aromatic ring is 1. The summed E-state index contributed by atoms with van der Waals surface area (Å²) in [6.45, 7) is 4.30. The number of unbranched alkanes of at least 4 members (excludes halogenated alkanes) is 2. The van der Waals surface area contributed by atoms with Crippen molar-refractivity contribution in [2.45, 2.75) is 52.0 Å². The molecule has 1 atom stereocenters. The van der Waals surface area contributed by atoms with Gasteiger partial charge in [-0.05, 0) is 50.5 Å². The Labute approximate surface area is 238 Å². The van der Waals surface area contributed by atoms with Gasteiger partial charge in [0.1, 0.15) is 23.3 Å². The molecule has 4 rings (SSSR count). The summed E-state index contributed by atoms with van der Waals surface area (Å²) in [5.74, 6) is 0.611. The van der Waals surface area contributed by atoms with Crippen molar-refractivity contribution in [2.24, 2.45) is 0 Å². The van der Waals surface area contributed by atoms with Gasteiger partial charge in [-0.3, -0.25) is 14.2 Å². The first-order valence-electron chi connectivity index (χ1n) is 13.6. The Bertz CT molecular complexity index is 1630. The van der Waals surface area contributed by atoms with Crippen LogP contribution in [0.15, 0.2) is 53.3 Å². The number of fused-ring (bicyclic) bond motifs is 1. The molecule has 11 nitrogen and oxygen atoms in total. The van der Waals surface area contributed by atoms with Crippen LogP contribution in [-0.2, 0) is 9.53 Å². The second kappa shape index (κ2) is 13.4. The number of carbonyl (C=O) groups excluding carboxylic acids is 1. The lowest BCUT2D eigenvalue weighted by Crippen LogP contribution is -2.29. The van der Waals surface area contributed by atoms with E-state index in [2.05, 4.69) is 26.7 Å². The molecule has 0 fully saturated rings. The summed E-state index contributed by atoms with van der Waals surface area (Å²) in [6, 6.07) is 16.6. The number of esters is 1. The minimum atomic E-state index is -0.473. The summed E-state index contributed by atoms with van der Waals surface area (Å²) >= 11 is 0. The van der Waals surface area contributed by atoms with Crippen LogP contribution >= 0.6 is 0 Å². The molecule has 0 saturated heterocycles. The van der Waals surface area contributed by atoms with Crippen LogP contribution in [0, 0.1) is 18.3 Å². The highest BCUT2D eigenvalue weighted by atomic mass is 16.5. The van der Waals surface area contributed by atoms with Gasteiger partial charge in [-0.25, -0.2) is 9.97 Å². The number of nitrogens with two attached hydrogens (primary N) is 1. The number of benzene rings is 2. The highest BCUT2D eigenvalue weighted by molar-refractivity contribution is 5.91. The van der Waals surface area contributed by atoms with Crippen molar-refractivity contribution in [2.75, 3.05) is 30.0 Å². The van der Waals surface area contributed by atoms with Crippen molar-refractivity contribution in [3.8, 4) is 11.8 Å². The molecular weight excluding hydrogens is 520 g/mol. The van der Waals surface area contributed by atoms with Crippen molar-refractivity contribution in [1.82, 2.24) is 19.5 Å². The number of carbonyl (C=O) groups is 1. The quantitative estimate of drug-likeness (QED) is 0.166. The normalized spacial score (nSPS) is 11.6. The van der Waals surface area contributed by atoms with E-state index in [1.807, 2.05) is 55.5 Å². The fourth-order valence-electron chi connectivity index (χ4n) is 4.70. The molecule has 4 N–H and O–H groups in total. The molecule has 41 heavy (non-hydrogen) atoms. The largest absolute Gasteiger partial charge is 0.469 e. The first-order chi connectivity index (χ1) is 19.9. The van der Waals surface area contributed by atoms with Gasteiger partial charge < -0.3 is 21.1 Å². The van der Waals surface area contributed by atoms with Gasteiger partial charge in [-0.1, -0.05) is 37.6 Å². The minimum absolute atomic E-state index is 0.0479. The molecule has 0 saturated carbocycles. The lowest BCUT2D eigenvalue weighted by Gasteiger charge is -2.23. The minimum Gasteiger partial charge on any atom is -0.469 e. The molecule has 0 aliphatic heterocycles. The van der Waals surface area contributed by atoms with Gasteiger partial charge in [0.2, 0.25) is 5.95 Å². The molecule has 0 aliphatic rings. The van der Waals surface area contributed by atoms with Crippen LogP contribution in [0.25, 0.3) is 16.6 Å². The Morgan fingerprint density at radius 3 is 2.59 bits per heavy atom. The average molecular weight is 555 g/mol. The molecule has 4 aromatic rings. The van der Waals surface area contributed by atoms with Gasteiger partial charge >= 0.3 is 5.97 Å². The van der Waals surface area contributed by atoms with Crippen molar-refractivity contribution in [1.29, 1.82) is 5.26 Å². The molecule has 2 heterocycles. The molecule has 11 heteroatoms. The van der Waals surface area contributed by atoms with Crippen LogP contribution in [0.3, 0.4) is 0 Å². The molecule has 0 aliphatic carbocycles. The fraction of sp³-hybridized carbons (Fsp3) is 0.333. The average Bonchev–Trinajstić information content (AvgIpc) is 2.97. The zero-order valence-electron chi connectivity index (χ0n) is 23.5. The standard InChI is InChI=1S/C30H34N8O3/c1-4-22(35-27-21(18-31)19(2)34-30(32)37-27)28-36-24-15-11-14-23(33-17-10-6-9-16-25(39)41-3)26(24)29(40)38(28)20-12-7-5-8-13-20/h5,7-8,11-15,22,33H,4,6,9-10,16-17H2,1-3H3,(H3,32,34,35,37)/t22-/m0/s1. The lowest BCUT2D eigenvalue weighted by molar-refractivity contribution is -0.140. The maximum Gasteiger partial charge on any atom is 0.305 e. The Balaban J connectivity index is 1.74. The van der Waals surface area contributed by atoms with Crippen molar-refractivity contribution in [3.63, 3.8) is 0 Å². The number of aromatic nitrogens is 4. The zero-order chi connectivity index (χ0) is 29.4. The highest BCUT2D eigenvalue weighted by Crippen LogP contribution is 2.28. The summed E-state index contributed by atoms with van der Waals surface area (Å²) in [6.07, 6.45) is 3.36. The van der Waals surface area contributed by atoms with Crippen LogP contribution in [-0.4, -0.2) is 39.1 Å². The monoisotopic (exact) mass is 554 g/mol. The molecule has 0 spiro atoms.